The van der Waals surface area contributed by atoms with Crippen LogP contribution in [0.5, 0.6) is 0 Å². The van der Waals surface area contributed by atoms with Gasteiger partial charge < -0.3 is 0 Å². The van der Waals surface area contributed by atoms with Crippen LogP contribution in [0.4, 0.5) is 5.69 Å². The summed E-state index contributed by atoms with van der Waals surface area (Å²) in [5, 5.41) is 0. The van der Waals surface area contributed by atoms with Gasteiger partial charge >= 0.3 is 10.2 Å². The minimum Gasteiger partial charge on any atom is -0.283 e. The summed E-state index contributed by atoms with van der Waals surface area (Å²) in [5.41, 5.74) is 2.88. The average Bonchev–Trinajstić information content (AvgIpc) is 2.90. The molecule has 1 heterocycles. The number of anilines is 1. The first kappa shape index (κ1) is 20.9. The van der Waals surface area contributed by atoms with Crippen LogP contribution in [0.3, 0.4) is 0 Å². The van der Waals surface area contributed by atoms with E-state index in [-0.39, 0.29) is 17.8 Å². The fraction of sp³-hybridized carbons (Fsp3) is 0.286. The minimum absolute atomic E-state index is 0.0652. The van der Waals surface area contributed by atoms with E-state index in [1.807, 2.05) is 61.5 Å². The summed E-state index contributed by atoms with van der Waals surface area (Å²) in [4.78, 5) is 13.4. The van der Waals surface area contributed by atoms with Crippen molar-refractivity contribution in [3.63, 3.8) is 0 Å². The summed E-state index contributed by atoms with van der Waals surface area (Å²) in [5.74, 6) is 0. The molecule has 0 aliphatic rings. The van der Waals surface area contributed by atoms with Gasteiger partial charge in [-0.15, -0.1) is 0 Å². The topological polar surface area (TPSA) is 67.5 Å². The third-order valence-electron chi connectivity index (χ3n) is 4.96. The number of hydrogen-bond donors (Lipinski definition) is 0. The molecule has 7 nitrogen and oxygen atoms in total. The molecular weight excluding hydrogens is 388 g/mol. The smallest absolute Gasteiger partial charge is 0.283 e. The Morgan fingerprint density at radius 3 is 2.07 bits per heavy atom. The molecule has 0 aliphatic carbocycles. The summed E-state index contributed by atoms with van der Waals surface area (Å²) >= 11 is 0. The normalized spacial score (nSPS) is 11.8. The number of benzene rings is 2. The van der Waals surface area contributed by atoms with Crippen molar-refractivity contribution in [2.75, 3.05) is 18.4 Å². The number of nitrogens with zero attached hydrogens (tertiary/aromatic N) is 4. The summed E-state index contributed by atoms with van der Waals surface area (Å²) in [6.07, 6.45) is 0. The van der Waals surface area contributed by atoms with Crippen molar-refractivity contribution in [1.29, 1.82) is 0 Å². The lowest BCUT2D eigenvalue weighted by atomic mass is 10.1. The number of aryl methyl sites for hydroxylation is 1. The molecule has 8 heteroatoms. The van der Waals surface area contributed by atoms with Gasteiger partial charge in [-0.05, 0) is 31.5 Å². The fourth-order valence-electron chi connectivity index (χ4n) is 3.17. The lowest BCUT2D eigenvalue weighted by Gasteiger charge is -2.26. The van der Waals surface area contributed by atoms with Gasteiger partial charge in [0.15, 0.2) is 0 Å². The van der Waals surface area contributed by atoms with Crippen molar-refractivity contribution in [2.24, 2.45) is 7.05 Å². The van der Waals surface area contributed by atoms with Gasteiger partial charge in [0.2, 0.25) is 0 Å². The highest BCUT2D eigenvalue weighted by atomic mass is 32.2. The highest BCUT2D eigenvalue weighted by Gasteiger charge is 2.32. The van der Waals surface area contributed by atoms with Crippen molar-refractivity contribution in [2.45, 2.75) is 20.4 Å². The predicted octanol–water partition coefficient (Wildman–Crippen LogP) is 2.61. The molecule has 0 fully saturated rings. The molecule has 154 valence electrons. The van der Waals surface area contributed by atoms with Crippen LogP contribution < -0.4 is 9.86 Å². The molecule has 0 unspecified atom stereocenters. The van der Waals surface area contributed by atoms with Crippen molar-refractivity contribution in [3.05, 3.63) is 81.8 Å². The number of rotatable bonds is 6. The van der Waals surface area contributed by atoms with Gasteiger partial charge in [0.25, 0.3) is 5.56 Å². The maximum atomic E-state index is 13.4. The molecule has 1 aromatic heterocycles. The number of hydrogen-bond acceptors (Lipinski definition) is 3. The Labute approximate surface area is 171 Å². The maximum absolute atomic E-state index is 13.4. The summed E-state index contributed by atoms with van der Waals surface area (Å²) < 4.78 is 31.8. The highest BCUT2D eigenvalue weighted by molar-refractivity contribution is 7.90. The zero-order chi connectivity index (χ0) is 21.3. The Bertz CT molecular complexity index is 1160. The van der Waals surface area contributed by atoms with Gasteiger partial charge in [0, 0.05) is 21.1 Å². The molecule has 0 N–H and O–H groups in total. The van der Waals surface area contributed by atoms with Gasteiger partial charge in [-0.2, -0.15) is 12.7 Å². The van der Waals surface area contributed by atoms with Gasteiger partial charge in [-0.3, -0.25) is 9.48 Å². The quantitative estimate of drug-likeness (QED) is 0.623. The van der Waals surface area contributed by atoms with Crippen molar-refractivity contribution in [1.82, 2.24) is 13.7 Å². The van der Waals surface area contributed by atoms with E-state index in [0.717, 1.165) is 15.4 Å². The van der Waals surface area contributed by atoms with Crippen LogP contribution in [-0.2, 0) is 23.8 Å². The van der Waals surface area contributed by atoms with E-state index in [1.165, 1.54) is 23.1 Å². The zero-order valence-corrected chi connectivity index (χ0v) is 18.1. The van der Waals surface area contributed by atoms with E-state index in [9.17, 15) is 13.2 Å². The molecule has 3 rings (SSSR count). The molecule has 0 spiro atoms. The molecule has 2 aromatic carbocycles. The summed E-state index contributed by atoms with van der Waals surface area (Å²) in [6, 6.07) is 16.8. The first-order valence-corrected chi connectivity index (χ1v) is 10.6. The average molecular weight is 415 g/mol. The lowest BCUT2D eigenvalue weighted by molar-refractivity contribution is 0.514. The molecule has 0 amide bonds. The third kappa shape index (κ3) is 3.86. The monoisotopic (exact) mass is 414 g/mol. The van der Waals surface area contributed by atoms with Crippen LogP contribution in [0.25, 0.3) is 5.69 Å². The molecule has 0 saturated carbocycles. The second-order valence-electron chi connectivity index (χ2n) is 7.19. The molecule has 0 atom stereocenters. The predicted molar refractivity (Wildman–Crippen MR) is 116 cm³/mol. The largest absolute Gasteiger partial charge is 0.304 e. The van der Waals surface area contributed by atoms with Crippen molar-refractivity contribution < 1.29 is 8.42 Å². The standard InChI is InChI=1S/C21H26N4O3S/c1-16-11-13-18(14-12-16)15-24(29(27,28)22(3)4)20-17(2)23(5)25(21(20)26)19-9-7-6-8-10-19/h6-14H,15H2,1-5H3. The zero-order valence-electron chi connectivity index (χ0n) is 17.3. The Kier molecular flexibility index (Phi) is 5.68. The minimum atomic E-state index is -3.89. The Morgan fingerprint density at radius 2 is 1.52 bits per heavy atom. The van der Waals surface area contributed by atoms with Crippen LogP contribution >= 0.6 is 0 Å². The molecule has 3 aromatic rings. The molecule has 29 heavy (non-hydrogen) atoms. The maximum Gasteiger partial charge on any atom is 0.304 e. The molecule has 0 bridgehead atoms. The molecular formula is C21H26N4O3S. The van der Waals surface area contributed by atoms with Gasteiger partial charge in [0.1, 0.15) is 5.69 Å². The molecule has 0 saturated heterocycles. The Morgan fingerprint density at radius 1 is 0.931 bits per heavy atom. The first-order valence-electron chi connectivity index (χ1n) is 9.24. The fourth-order valence-corrected chi connectivity index (χ4v) is 4.32. The van der Waals surface area contributed by atoms with E-state index in [0.29, 0.717) is 11.4 Å². The number of para-hydroxylation sites is 1. The molecule has 0 radical (unpaired) electrons. The van der Waals surface area contributed by atoms with Gasteiger partial charge in [-0.25, -0.2) is 8.99 Å². The Hall–Kier alpha value is -2.84. The van der Waals surface area contributed by atoms with E-state index < -0.39 is 10.2 Å². The number of aromatic nitrogens is 2. The van der Waals surface area contributed by atoms with Crippen LogP contribution in [-0.4, -0.2) is 36.2 Å². The SMILES string of the molecule is Cc1ccc(CN(c2c(C)n(C)n(-c3ccccc3)c2=O)S(=O)(=O)N(C)C)cc1. The summed E-state index contributed by atoms with van der Waals surface area (Å²) in [7, 11) is 0.786. The highest BCUT2D eigenvalue weighted by Crippen LogP contribution is 2.24. The Balaban J connectivity index is 2.21. The van der Waals surface area contributed by atoms with Crippen LogP contribution in [0.2, 0.25) is 0 Å². The lowest BCUT2D eigenvalue weighted by Crippen LogP contribution is -2.42. The first-order chi connectivity index (χ1) is 13.6. The van der Waals surface area contributed by atoms with E-state index in [1.54, 1.807) is 18.7 Å². The van der Waals surface area contributed by atoms with Gasteiger partial charge in [-0.1, -0.05) is 48.0 Å². The van der Waals surface area contributed by atoms with Crippen LogP contribution in [0.1, 0.15) is 16.8 Å². The molecule has 0 aliphatic heterocycles. The third-order valence-corrected chi connectivity index (χ3v) is 6.75. The van der Waals surface area contributed by atoms with Crippen LogP contribution in [0, 0.1) is 13.8 Å². The van der Waals surface area contributed by atoms with Crippen LogP contribution in [0.15, 0.2) is 59.4 Å². The van der Waals surface area contributed by atoms with Crippen molar-refractivity contribution in [3.8, 4) is 5.69 Å². The second kappa shape index (κ2) is 7.88. The van der Waals surface area contributed by atoms with E-state index >= 15 is 0 Å². The van der Waals surface area contributed by atoms with E-state index in [2.05, 4.69) is 0 Å². The summed E-state index contributed by atoms with van der Waals surface area (Å²) in [6.45, 7) is 3.79. The van der Waals surface area contributed by atoms with E-state index in [4.69, 9.17) is 0 Å². The van der Waals surface area contributed by atoms with Gasteiger partial charge in [0.05, 0.1) is 17.9 Å². The van der Waals surface area contributed by atoms with Crippen molar-refractivity contribution >= 4 is 15.9 Å². The second-order valence-corrected chi connectivity index (χ2v) is 9.26.